The number of morpholine rings is 1. The summed E-state index contributed by atoms with van der Waals surface area (Å²) in [5, 5.41) is 0. The summed E-state index contributed by atoms with van der Waals surface area (Å²) in [6.45, 7) is 10.9. The number of rotatable bonds is 6. The maximum atomic E-state index is 12.8. The SMILES string of the molecule is COc1cc2c(cc1OC)[C@H]1C[C@@H](COC(=O)N3CCO[C@H](C)C3)[C@H](CC(C)C)CN1CC2. The normalized spacial score (nSPS) is 27.6. The first-order chi connectivity index (χ1) is 15.9. The number of nitrogens with zero attached hydrogens (tertiary/aromatic N) is 2. The van der Waals surface area contributed by atoms with Crippen LogP contribution >= 0.6 is 0 Å². The number of fused-ring (bicyclic) bond motifs is 3. The summed E-state index contributed by atoms with van der Waals surface area (Å²) >= 11 is 0. The lowest BCUT2D eigenvalue weighted by Gasteiger charge is -2.47. The van der Waals surface area contributed by atoms with Gasteiger partial charge in [0, 0.05) is 25.7 Å². The maximum Gasteiger partial charge on any atom is 0.409 e. The Bertz CT molecular complexity index is 829. The first kappa shape index (κ1) is 24.1. The molecule has 184 valence electrons. The van der Waals surface area contributed by atoms with Crippen molar-refractivity contribution in [3.05, 3.63) is 23.3 Å². The Kier molecular flexibility index (Phi) is 7.69. The van der Waals surface area contributed by atoms with E-state index in [1.807, 2.05) is 6.92 Å². The predicted molar refractivity (Wildman–Crippen MR) is 127 cm³/mol. The van der Waals surface area contributed by atoms with Crippen LogP contribution in [0.5, 0.6) is 11.5 Å². The summed E-state index contributed by atoms with van der Waals surface area (Å²) in [7, 11) is 3.38. The third-order valence-electron chi connectivity index (χ3n) is 7.47. The Morgan fingerprint density at radius 1 is 1.12 bits per heavy atom. The van der Waals surface area contributed by atoms with Gasteiger partial charge >= 0.3 is 6.09 Å². The van der Waals surface area contributed by atoms with Crippen molar-refractivity contribution in [1.82, 2.24) is 9.80 Å². The van der Waals surface area contributed by atoms with E-state index in [0.29, 0.717) is 50.1 Å². The second-order valence-corrected chi connectivity index (χ2v) is 10.3. The summed E-state index contributed by atoms with van der Waals surface area (Å²) in [6, 6.07) is 4.62. The quantitative estimate of drug-likeness (QED) is 0.636. The molecule has 2 fully saturated rings. The van der Waals surface area contributed by atoms with Crippen LogP contribution in [0.3, 0.4) is 0 Å². The van der Waals surface area contributed by atoms with Crippen LogP contribution < -0.4 is 9.47 Å². The van der Waals surface area contributed by atoms with Gasteiger partial charge in [0.25, 0.3) is 0 Å². The lowest BCUT2D eigenvalue weighted by molar-refractivity contribution is -0.0293. The molecule has 3 heterocycles. The van der Waals surface area contributed by atoms with Crippen molar-refractivity contribution in [2.24, 2.45) is 17.8 Å². The van der Waals surface area contributed by atoms with E-state index in [4.69, 9.17) is 18.9 Å². The number of hydrogen-bond donors (Lipinski definition) is 0. The molecule has 4 rings (SSSR count). The molecule has 4 atom stereocenters. The van der Waals surface area contributed by atoms with E-state index in [1.165, 1.54) is 11.1 Å². The van der Waals surface area contributed by atoms with Crippen molar-refractivity contribution in [3.63, 3.8) is 0 Å². The number of hydrogen-bond acceptors (Lipinski definition) is 6. The van der Waals surface area contributed by atoms with Crippen LogP contribution in [-0.4, -0.2) is 75.6 Å². The average Bonchev–Trinajstić information content (AvgIpc) is 2.81. The lowest BCUT2D eigenvalue weighted by Crippen LogP contribution is -2.48. The molecule has 0 N–H and O–H groups in total. The van der Waals surface area contributed by atoms with E-state index in [-0.39, 0.29) is 12.2 Å². The zero-order valence-corrected chi connectivity index (χ0v) is 20.8. The molecule has 2 saturated heterocycles. The van der Waals surface area contributed by atoms with Crippen molar-refractivity contribution < 1.29 is 23.7 Å². The highest BCUT2D eigenvalue weighted by Crippen LogP contribution is 2.45. The fraction of sp³-hybridized carbons (Fsp3) is 0.731. The Balaban J connectivity index is 1.50. The van der Waals surface area contributed by atoms with Gasteiger partial charge in [-0.05, 0) is 67.2 Å². The molecular formula is C26H40N2O5. The third-order valence-corrected chi connectivity index (χ3v) is 7.47. The molecule has 0 spiro atoms. The van der Waals surface area contributed by atoms with Crippen molar-refractivity contribution in [2.45, 2.75) is 52.2 Å². The van der Waals surface area contributed by atoms with E-state index < -0.39 is 0 Å². The molecule has 0 unspecified atom stereocenters. The molecule has 1 aromatic carbocycles. The van der Waals surface area contributed by atoms with Crippen LogP contribution in [0.25, 0.3) is 0 Å². The Labute approximate surface area is 198 Å². The summed E-state index contributed by atoms with van der Waals surface area (Å²) < 4.78 is 22.6. The van der Waals surface area contributed by atoms with Gasteiger partial charge in [0.1, 0.15) is 0 Å². The minimum absolute atomic E-state index is 0.0638. The van der Waals surface area contributed by atoms with Crippen LogP contribution in [0.1, 0.15) is 50.8 Å². The number of ether oxygens (including phenoxy) is 4. The van der Waals surface area contributed by atoms with Gasteiger partial charge in [-0.15, -0.1) is 0 Å². The molecule has 0 radical (unpaired) electrons. The highest BCUT2D eigenvalue weighted by Gasteiger charge is 2.40. The van der Waals surface area contributed by atoms with E-state index in [0.717, 1.165) is 43.9 Å². The molecule has 7 heteroatoms. The summed E-state index contributed by atoms with van der Waals surface area (Å²) in [5.74, 6) is 3.07. The van der Waals surface area contributed by atoms with Gasteiger partial charge in [-0.1, -0.05) is 13.8 Å². The summed E-state index contributed by atoms with van der Waals surface area (Å²) in [5.41, 5.74) is 2.68. The van der Waals surface area contributed by atoms with Crippen molar-refractivity contribution in [3.8, 4) is 11.5 Å². The topological polar surface area (TPSA) is 60.5 Å². The van der Waals surface area contributed by atoms with Gasteiger partial charge < -0.3 is 23.8 Å². The molecule has 0 saturated carbocycles. The summed E-state index contributed by atoms with van der Waals surface area (Å²) in [4.78, 5) is 17.2. The van der Waals surface area contributed by atoms with Gasteiger partial charge in [0.15, 0.2) is 11.5 Å². The fourth-order valence-corrected chi connectivity index (χ4v) is 5.83. The molecule has 33 heavy (non-hydrogen) atoms. The Morgan fingerprint density at radius 3 is 2.58 bits per heavy atom. The number of carbonyl (C=O) groups excluding carboxylic acids is 1. The van der Waals surface area contributed by atoms with E-state index in [1.54, 1.807) is 19.1 Å². The third kappa shape index (κ3) is 5.40. The molecule has 1 aromatic rings. The first-order valence-corrected chi connectivity index (χ1v) is 12.4. The van der Waals surface area contributed by atoms with E-state index >= 15 is 0 Å². The smallest absolute Gasteiger partial charge is 0.409 e. The minimum atomic E-state index is -0.202. The molecular weight excluding hydrogens is 420 g/mol. The molecule has 7 nitrogen and oxygen atoms in total. The van der Waals surface area contributed by atoms with Gasteiger partial charge in [-0.3, -0.25) is 4.90 Å². The van der Waals surface area contributed by atoms with Crippen molar-refractivity contribution in [1.29, 1.82) is 0 Å². The van der Waals surface area contributed by atoms with Crippen LogP contribution in [0, 0.1) is 17.8 Å². The Morgan fingerprint density at radius 2 is 1.88 bits per heavy atom. The van der Waals surface area contributed by atoms with Gasteiger partial charge in [-0.25, -0.2) is 4.79 Å². The first-order valence-electron chi connectivity index (χ1n) is 12.4. The van der Waals surface area contributed by atoms with Crippen LogP contribution in [0.4, 0.5) is 4.79 Å². The molecule has 0 aliphatic carbocycles. The van der Waals surface area contributed by atoms with Crippen LogP contribution in [-0.2, 0) is 15.9 Å². The molecule has 1 amide bonds. The highest BCUT2D eigenvalue weighted by molar-refractivity contribution is 5.67. The minimum Gasteiger partial charge on any atom is -0.493 e. The lowest BCUT2D eigenvalue weighted by atomic mass is 9.74. The van der Waals surface area contributed by atoms with Crippen LogP contribution in [0.2, 0.25) is 0 Å². The van der Waals surface area contributed by atoms with E-state index in [2.05, 4.69) is 30.9 Å². The zero-order chi connectivity index (χ0) is 23.5. The largest absolute Gasteiger partial charge is 0.493 e. The molecule has 0 bridgehead atoms. The zero-order valence-electron chi connectivity index (χ0n) is 20.8. The van der Waals surface area contributed by atoms with Gasteiger partial charge in [-0.2, -0.15) is 0 Å². The fourth-order valence-electron chi connectivity index (χ4n) is 5.83. The molecule has 0 aromatic heterocycles. The number of piperidine rings is 1. The number of amides is 1. The highest BCUT2D eigenvalue weighted by atomic mass is 16.6. The van der Waals surface area contributed by atoms with Gasteiger partial charge in [0.05, 0.1) is 40.1 Å². The predicted octanol–water partition coefficient (Wildman–Crippen LogP) is 4.14. The monoisotopic (exact) mass is 460 g/mol. The van der Waals surface area contributed by atoms with E-state index in [9.17, 15) is 4.79 Å². The number of carbonyl (C=O) groups is 1. The van der Waals surface area contributed by atoms with Crippen molar-refractivity contribution >= 4 is 6.09 Å². The maximum absolute atomic E-state index is 12.8. The summed E-state index contributed by atoms with van der Waals surface area (Å²) in [6.07, 6.45) is 3.03. The van der Waals surface area contributed by atoms with Gasteiger partial charge in [0.2, 0.25) is 0 Å². The second kappa shape index (κ2) is 10.5. The Hall–Kier alpha value is -1.99. The standard InChI is InChI=1S/C26H40N2O5/c1-17(2)10-20-15-27-7-6-19-12-24(30-4)25(31-5)13-22(19)23(27)11-21(20)16-33-26(29)28-8-9-32-18(3)14-28/h12-13,17-18,20-21,23H,6-11,14-16H2,1-5H3/t18-,20-,21+,23-/m1/s1. The molecule has 3 aliphatic heterocycles. The second-order valence-electron chi connectivity index (χ2n) is 10.3. The number of benzene rings is 1. The average molecular weight is 461 g/mol. The van der Waals surface area contributed by atoms with Crippen LogP contribution in [0.15, 0.2) is 12.1 Å². The number of methoxy groups -OCH3 is 2. The molecule has 3 aliphatic rings. The van der Waals surface area contributed by atoms with Crippen molar-refractivity contribution in [2.75, 3.05) is 53.6 Å².